The average Bonchev–Trinajstić information content (AvgIpc) is 3.74. The maximum Gasteiger partial charge on any atom is 1.00 e. The number of carbonyl (C=O) groups excluding carboxylic acids is 1. The van der Waals surface area contributed by atoms with Crippen molar-refractivity contribution in [2.45, 2.75) is 193 Å². The molecule has 8 aliphatic carbocycles. The third-order valence-corrected chi connectivity index (χ3v) is 21.9. The Morgan fingerprint density at radius 1 is 0.642 bits per heavy atom. The van der Waals surface area contributed by atoms with Crippen molar-refractivity contribution >= 4 is 22.0 Å². The van der Waals surface area contributed by atoms with E-state index in [1.807, 2.05) is 13.8 Å². The summed E-state index contributed by atoms with van der Waals surface area (Å²) < 4.78 is 90.6. The predicted octanol–water partition coefficient (Wildman–Crippen LogP) is 5.03. The number of carbonyl (C=O) groups is 2. The van der Waals surface area contributed by atoms with Crippen molar-refractivity contribution in [3.63, 3.8) is 0 Å². The molecular weight excluding hydrogens is 906 g/mol. The summed E-state index contributed by atoms with van der Waals surface area (Å²) in [5, 5.41) is 54.1. The Morgan fingerprint density at radius 2 is 1.03 bits per heavy atom. The number of carboxylic acids is 1. The molecule has 0 spiro atoms. The molecule has 8 rings (SSSR count). The first-order valence-corrected chi connectivity index (χ1v) is 27.0. The smallest absolute Gasteiger partial charge is 0.748 e. The molecular formula is C50H80F4NNaO10S. The number of carboxylic acid groups (broad SMARTS) is 1. The molecule has 0 aromatic rings. The van der Waals surface area contributed by atoms with Gasteiger partial charge in [0, 0.05) is 32.2 Å². The van der Waals surface area contributed by atoms with Crippen molar-refractivity contribution in [1.82, 2.24) is 5.32 Å². The zero-order chi connectivity index (χ0) is 48.7. The van der Waals surface area contributed by atoms with Crippen molar-refractivity contribution in [3.05, 3.63) is 0 Å². The van der Waals surface area contributed by atoms with Gasteiger partial charge in [-0.25, -0.2) is 26.0 Å². The van der Waals surface area contributed by atoms with Crippen molar-refractivity contribution < 1.29 is 95.2 Å². The van der Waals surface area contributed by atoms with E-state index in [2.05, 4.69) is 33.0 Å². The van der Waals surface area contributed by atoms with E-state index in [9.17, 15) is 60.5 Å². The number of fused-ring (bicyclic) bond motifs is 10. The molecule has 0 heterocycles. The van der Waals surface area contributed by atoms with E-state index >= 15 is 0 Å². The summed E-state index contributed by atoms with van der Waals surface area (Å²) in [5.41, 5.74) is -1.12. The first-order chi connectivity index (χ1) is 30.5. The summed E-state index contributed by atoms with van der Waals surface area (Å²) in [6, 6.07) is 0. The quantitative estimate of drug-likeness (QED) is 0.0927. The van der Waals surface area contributed by atoms with Crippen LogP contribution in [-0.4, -0.2) is 98.9 Å². The second kappa shape index (κ2) is 20.0. The molecule has 67 heavy (non-hydrogen) atoms. The Morgan fingerprint density at radius 3 is 1.42 bits per heavy atom. The van der Waals surface area contributed by atoms with Gasteiger partial charge in [0.1, 0.15) is 12.2 Å². The van der Waals surface area contributed by atoms with Crippen LogP contribution in [0.2, 0.25) is 0 Å². The van der Waals surface area contributed by atoms with Crippen LogP contribution in [0.15, 0.2) is 0 Å². The molecule has 0 aliphatic heterocycles. The van der Waals surface area contributed by atoms with Crippen molar-refractivity contribution in [1.29, 1.82) is 0 Å². The molecule has 8 saturated carbocycles. The maximum absolute atomic E-state index is 14.7. The van der Waals surface area contributed by atoms with Gasteiger partial charge in [0.2, 0.25) is 5.91 Å². The molecule has 0 bridgehead atoms. The second-order valence-electron chi connectivity index (χ2n) is 24.5. The Balaban J connectivity index is 0.000000221. The molecule has 8 aliphatic rings. The summed E-state index contributed by atoms with van der Waals surface area (Å²) in [7, 11) is -4.36. The van der Waals surface area contributed by atoms with Crippen LogP contribution in [0.25, 0.3) is 0 Å². The van der Waals surface area contributed by atoms with E-state index in [0.29, 0.717) is 49.4 Å². The van der Waals surface area contributed by atoms with Crippen LogP contribution in [0.5, 0.6) is 0 Å². The third kappa shape index (κ3) is 10.5. The Labute approximate surface area is 418 Å². The van der Waals surface area contributed by atoms with Gasteiger partial charge >= 0.3 is 35.5 Å². The monoisotopic (exact) mass is 986 g/mol. The van der Waals surface area contributed by atoms with Gasteiger partial charge in [-0.1, -0.05) is 41.5 Å². The van der Waals surface area contributed by atoms with Crippen LogP contribution in [0.3, 0.4) is 0 Å². The van der Waals surface area contributed by atoms with Gasteiger partial charge in [-0.05, 0) is 183 Å². The number of aliphatic hydroxyl groups excluding tert-OH is 4. The van der Waals surface area contributed by atoms with Gasteiger partial charge < -0.3 is 35.4 Å². The molecule has 0 saturated heterocycles. The number of aliphatic hydroxyl groups is 4. The van der Waals surface area contributed by atoms with Crippen LogP contribution in [0, 0.1) is 92.7 Å². The standard InChI is InChI=1S/C26H43F2NO6S.C24H38F2O4.Na/c1-15(4-7-22(32)29-10-11-36(33,34)35)17-5-6-18-23-19(8-9-24(17,18)2)25(3)14-26(27,28)21(31)13-16(25)12-20(23)30;1-13(4-7-20(29)30)15-5-6-16-21-17(8-9-22(15,16)2)23(3)12-24(25,26)19(28)11-14(23)10-18(21)27;/h15-21,23,30-31H,4-14H2,1-3H3,(H,29,32)(H,33,34,35);13-19,21,27-28H,4-12H2,1-3H3,(H,29,30);/q;;+1/p-1/t15-,16-,17-,18?,19?,20+,21-,23?,24-,25+;13-,14-,15-,16?,17?,18+,19-,21?,22-,23+;/m11./s1. The van der Waals surface area contributed by atoms with Crippen LogP contribution >= 0.6 is 0 Å². The Kier molecular flexibility index (Phi) is 16.7. The minimum Gasteiger partial charge on any atom is -0.748 e. The van der Waals surface area contributed by atoms with E-state index in [1.165, 1.54) is 0 Å². The van der Waals surface area contributed by atoms with Gasteiger partial charge in [0.05, 0.1) is 28.1 Å². The number of amides is 1. The first-order valence-electron chi connectivity index (χ1n) is 25.4. The molecule has 380 valence electrons. The molecule has 17 heteroatoms. The molecule has 20 atom stereocenters. The number of aliphatic carboxylic acids is 1. The summed E-state index contributed by atoms with van der Waals surface area (Å²) in [6.07, 6.45) is 5.45. The number of hydrogen-bond acceptors (Lipinski definition) is 9. The number of alkyl halides is 4. The van der Waals surface area contributed by atoms with E-state index in [0.717, 1.165) is 51.4 Å². The van der Waals surface area contributed by atoms with E-state index in [1.54, 1.807) is 0 Å². The minimum atomic E-state index is -4.36. The average molecular weight is 986 g/mol. The van der Waals surface area contributed by atoms with Crippen LogP contribution < -0.4 is 34.9 Å². The molecule has 0 radical (unpaired) electrons. The fourth-order valence-corrected chi connectivity index (χ4v) is 18.3. The maximum atomic E-state index is 14.7. The van der Waals surface area contributed by atoms with Gasteiger partial charge in [-0.3, -0.25) is 9.59 Å². The molecule has 6 unspecified atom stereocenters. The molecule has 11 nitrogen and oxygen atoms in total. The number of hydrogen-bond donors (Lipinski definition) is 6. The fourth-order valence-electron chi connectivity index (χ4n) is 17.9. The van der Waals surface area contributed by atoms with Crippen LogP contribution in [0.1, 0.15) is 157 Å². The summed E-state index contributed by atoms with van der Waals surface area (Å²) >= 11 is 0. The SMILES string of the molecule is C[C@H](CCC(=O)NCCS(=O)(=O)[O-])[C@H]1CCC2C3C(CC[C@@]21C)[C@@]1(C)CC(F)(F)[C@H](O)C[C@H]1C[C@@H]3O.C[C@H](CCC(=O)O)[C@H]1CCC2C3C(CC[C@@]21C)[C@@]1(C)CC(F)(F)[C@H](O)C[C@H]1C[C@@H]3O.[Na+]. The topological polar surface area (TPSA) is 205 Å². The van der Waals surface area contributed by atoms with Crippen LogP contribution in [0.4, 0.5) is 17.6 Å². The van der Waals surface area contributed by atoms with Crippen molar-refractivity contribution in [3.8, 4) is 0 Å². The summed E-state index contributed by atoms with van der Waals surface area (Å²) in [5.74, 6) is -5.97. The van der Waals surface area contributed by atoms with E-state index in [4.69, 9.17) is 5.11 Å². The first kappa shape index (κ1) is 55.7. The summed E-state index contributed by atoms with van der Waals surface area (Å²) in [4.78, 5) is 23.2. The molecule has 1 amide bonds. The largest absolute Gasteiger partial charge is 1.00 e. The molecule has 8 fully saturated rings. The normalized spacial score (nSPS) is 46.8. The van der Waals surface area contributed by atoms with Gasteiger partial charge in [0.15, 0.2) is 0 Å². The number of rotatable bonds is 11. The van der Waals surface area contributed by atoms with Crippen molar-refractivity contribution in [2.24, 2.45) is 92.7 Å². The molecule has 0 aromatic carbocycles. The van der Waals surface area contributed by atoms with E-state index in [-0.39, 0.29) is 139 Å². The zero-order valence-corrected chi connectivity index (χ0v) is 43.9. The fraction of sp³-hybridized carbons (Fsp3) is 0.960. The number of nitrogens with one attached hydrogen (secondary N) is 1. The zero-order valence-electron chi connectivity index (χ0n) is 41.1. The Hall–Kier alpha value is -0.590. The summed E-state index contributed by atoms with van der Waals surface area (Å²) in [6.45, 7) is 12.7. The molecule has 0 aromatic heterocycles. The van der Waals surface area contributed by atoms with Crippen molar-refractivity contribution in [2.75, 3.05) is 12.3 Å². The molecule has 6 N–H and O–H groups in total. The van der Waals surface area contributed by atoms with Gasteiger partial charge in [-0.2, -0.15) is 0 Å². The van der Waals surface area contributed by atoms with Crippen LogP contribution in [-0.2, 0) is 19.7 Å². The van der Waals surface area contributed by atoms with Gasteiger partial charge in [-0.15, -0.1) is 0 Å². The third-order valence-electron chi connectivity index (χ3n) is 21.2. The van der Waals surface area contributed by atoms with E-state index < -0.39 is 68.9 Å². The van der Waals surface area contributed by atoms with Gasteiger partial charge in [0.25, 0.3) is 11.8 Å². The number of halogens is 4. The minimum absolute atomic E-state index is 0. The predicted molar refractivity (Wildman–Crippen MR) is 238 cm³/mol. The second-order valence-corrected chi connectivity index (χ2v) is 26.0. The Bertz CT molecular complexity index is 1900.